The molecule has 0 aliphatic rings. The predicted octanol–water partition coefficient (Wildman–Crippen LogP) is 4.07. The van der Waals surface area contributed by atoms with Crippen molar-refractivity contribution in [3.8, 4) is 5.75 Å². The number of nitrogens with one attached hydrogen (secondary N) is 1. The molecular weight excluding hydrogens is 302 g/mol. The zero-order valence-electron chi connectivity index (χ0n) is 11.4. The number of hydrogen-bond acceptors (Lipinski definition) is 2. The van der Waals surface area contributed by atoms with Crippen LogP contribution in [0.15, 0.2) is 46.9 Å². The molecule has 0 heterocycles. The number of halogens is 1. The van der Waals surface area contributed by atoms with Crippen LogP contribution < -0.4 is 10.1 Å². The van der Waals surface area contributed by atoms with Crippen molar-refractivity contribution in [2.75, 3.05) is 14.2 Å². The third kappa shape index (κ3) is 3.17. The molecule has 0 saturated carbocycles. The number of aryl methyl sites for hydroxylation is 1. The van der Waals surface area contributed by atoms with E-state index in [1.165, 1.54) is 16.7 Å². The van der Waals surface area contributed by atoms with Gasteiger partial charge in [0, 0.05) is 4.47 Å². The van der Waals surface area contributed by atoms with Gasteiger partial charge in [0.15, 0.2) is 0 Å². The van der Waals surface area contributed by atoms with Gasteiger partial charge in [-0.15, -0.1) is 0 Å². The first kappa shape index (κ1) is 14.1. The van der Waals surface area contributed by atoms with E-state index in [4.69, 9.17) is 4.74 Å². The maximum absolute atomic E-state index is 5.26. The Bertz CT molecular complexity index is 568. The normalized spacial score (nSPS) is 12.2. The molecule has 0 radical (unpaired) electrons. The monoisotopic (exact) mass is 319 g/mol. The number of hydrogen-bond donors (Lipinski definition) is 1. The first-order chi connectivity index (χ1) is 9.15. The second-order valence-electron chi connectivity index (χ2n) is 4.50. The molecule has 2 aromatic carbocycles. The van der Waals surface area contributed by atoms with Crippen molar-refractivity contribution >= 4 is 15.9 Å². The molecule has 100 valence electrons. The third-order valence-corrected chi connectivity index (χ3v) is 3.75. The highest BCUT2D eigenvalue weighted by atomic mass is 79.9. The van der Waals surface area contributed by atoms with Crippen molar-refractivity contribution in [2.45, 2.75) is 13.0 Å². The van der Waals surface area contributed by atoms with Crippen LogP contribution >= 0.6 is 15.9 Å². The molecular formula is C16H18BrNO. The minimum absolute atomic E-state index is 0.184. The molecule has 0 aliphatic heterocycles. The van der Waals surface area contributed by atoms with Crippen molar-refractivity contribution in [1.29, 1.82) is 0 Å². The second kappa shape index (κ2) is 6.22. The Hall–Kier alpha value is -1.32. The summed E-state index contributed by atoms with van der Waals surface area (Å²) in [6.45, 7) is 2.11. The summed E-state index contributed by atoms with van der Waals surface area (Å²) in [5.74, 6) is 0.894. The molecule has 0 saturated heterocycles. The summed E-state index contributed by atoms with van der Waals surface area (Å²) in [5, 5.41) is 3.38. The van der Waals surface area contributed by atoms with E-state index < -0.39 is 0 Å². The van der Waals surface area contributed by atoms with Crippen LogP contribution in [0, 0.1) is 6.92 Å². The summed E-state index contributed by atoms with van der Waals surface area (Å²) < 4.78 is 6.35. The van der Waals surface area contributed by atoms with Crippen LogP contribution in [0.3, 0.4) is 0 Å². The molecule has 3 heteroatoms. The van der Waals surface area contributed by atoms with Crippen molar-refractivity contribution in [3.63, 3.8) is 0 Å². The van der Waals surface area contributed by atoms with E-state index in [-0.39, 0.29) is 6.04 Å². The maximum atomic E-state index is 5.26. The van der Waals surface area contributed by atoms with Crippen LogP contribution in [0.4, 0.5) is 0 Å². The average Bonchev–Trinajstić information content (AvgIpc) is 2.41. The Balaban J connectivity index is 2.42. The summed E-state index contributed by atoms with van der Waals surface area (Å²) in [7, 11) is 3.67. The maximum Gasteiger partial charge on any atom is 0.119 e. The van der Waals surface area contributed by atoms with Gasteiger partial charge >= 0.3 is 0 Å². The fourth-order valence-corrected chi connectivity index (χ4v) is 2.70. The molecule has 1 atom stereocenters. The standard InChI is InChI=1S/C16H18BrNO/c1-11-9-14(19-3)7-8-15(11)16(18-2)12-5-4-6-13(17)10-12/h4-10,16,18H,1-3H3. The zero-order valence-corrected chi connectivity index (χ0v) is 13.0. The van der Waals surface area contributed by atoms with Gasteiger partial charge in [-0.2, -0.15) is 0 Å². The lowest BCUT2D eigenvalue weighted by Crippen LogP contribution is -2.18. The van der Waals surface area contributed by atoms with Gasteiger partial charge < -0.3 is 10.1 Å². The van der Waals surface area contributed by atoms with Crippen molar-refractivity contribution in [2.24, 2.45) is 0 Å². The summed E-state index contributed by atoms with van der Waals surface area (Å²) in [6, 6.07) is 14.8. The quantitative estimate of drug-likeness (QED) is 0.917. The highest BCUT2D eigenvalue weighted by molar-refractivity contribution is 9.10. The molecule has 2 aromatic rings. The summed E-state index contributed by atoms with van der Waals surface area (Å²) in [5.41, 5.74) is 3.73. The van der Waals surface area contributed by atoms with E-state index in [1.54, 1.807) is 7.11 Å². The van der Waals surface area contributed by atoms with Crippen LogP contribution in [-0.4, -0.2) is 14.2 Å². The first-order valence-corrected chi connectivity index (χ1v) is 7.02. The SMILES string of the molecule is CNC(c1cccc(Br)c1)c1ccc(OC)cc1C. The molecule has 19 heavy (non-hydrogen) atoms. The minimum Gasteiger partial charge on any atom is -0.497 e. The number of ether oxygens (including phenoxy) is 1. The van der Waals surface area contributed by atoms with E-state index in [9.17, 15) is 0 Å². The van der Waals surface area contributed by atoms with Crippen molar-refractivity contribution in [3.05, 3.63) is 63.6 Å². The van der Waals surface area contributed by atoms with Gasteiger partial charge in [-0.05, 0) is 54.9 Å². The van der Waals surface area contributed by atoms with E-state index in [1.807, 2.05) is 19.2 Å². The molecule has 2 rings (SSSR count). The van der Waals surface area contributed by atoms with Gasteiger partial charge in [0.1, 0.15) is 5.75 Å². The van der Waals surface area contributed by atoms with Gasteiger partial charge in [-0.25, -0.2) is 0 Å². The number of benzene rings is 2. The van der Waals surface area contributed by atoms with E-state index in [2.05, 4.69) is 58.5 Å². The van der Waals surface area contributed by atoms with E-state index >= 15 is 0 Å². The number of rotatable bonds is 4. The highest BCUT2D eigenvalue weighted by Crippen LogP contribution is 2.28. The lowest BCUT2D eigenvalue weighted by atomic mass is 9.95. The molecule has 0 bridgehead atoms. The largest absolute Gasteiger partial charge is 0.497 e. The molecule has 0 amide bonds. The van der Waals surface area contributed by atoms with Crippen LogP contribution in [-0.2, 0) is 0 Å². The van der Waals surface area contributed by atoms with Crippen molar-refractivity contribution in [1.82, 2.24) is 5.32 Å². The van der Waals surface area contributed by atoms with Crippen LogP contribution in [0.25, 0.3) is 0 Å². The molecule has 0 fully saturated rings. The lowest BCUT2D eigenvalue weighted by Gasteiger charge is -2.20. The topological polar surface area (TPSA) is 21.3 Å². The van der Waals surface area contributed by atoms with Crippen LogP contribution in [0.2, 0.25) is 0 Å². The fraction of sp³-hybridized carbons (Fsp3) is 0.250. The van der Waals surface area contributed by atoms with Gasteiger partial charge in [-0.1, -0.05) is 34.1 Å². The van der Waals surface area contributed by atoms with E-state index in [0.717, 1.165) is 10.2 Å². The summed E-state index contributed by atoms with van der Waals surface area (Å²) >= 11 is 3.53. The molecule has 2 nitrogen and oxygen atoms in total. The Labute approximate surface area is 122 Å². The van der Waals surface area contributed by atoms with Gasteiger partial charge in [0.2, 0.25) is 0 Å². The minimum atomic E-state index is 0.184. The Morgan fingerprint density at radius 2 is 1.95 bits per heavy atom. The average molecular weight is 320 g/mol. The Morgan fingerprint density at radius 1 is 1.16 bits per heavy atom. The Kier molecular flexibility index (Phi) is 4.61. The molecule has 0 aromatic heterocycles. The molecule has 1 unspecified atom stereocenters. The van der Waals surface area contributed by atoms with Gasteiger partial charge in [-0.3, -0.25) is 0 Å². The third-order valence-electron chi connectivity index (χ3n) is 3.26. The molecule has 1 N–H and O–H groups in total. The van der Waals surface area contributed by atoms with Crippen molar-refractivity contribution < 1.29 is 4.74 Å². The van der Waals surface area contributed by atoms with E-state index in [0.29, 0.717) is 0 Å². The summed E-state index contributed by atoms with van der Waals surface area (Å²) in [6.07, 6.45) is 0. The summed E-state index contributed by atoms with van der Waals surface area (Å²) in [4.78, 5) is 0. The first-order valence-electron chi connectivity index (χ1n) is 6.23. The fourth-order valence-electron chi connectivity index (χ4n) is 2.29. The van der Waals surface area contributed by atoms with Gasteiger partial charge in [0.05, 0.1) is 13.2 Å². The van der Waals surface area contributed by atoms with Crippen LogP contribution in [0.1, 0.15) is 22.7 Å². The smallest absolute Gasteiger partial charge is 0.119 e. The molecule has 0 aliphatic carbocycles. The van der Waals surface area contributed by atoms with Crippen LogP contribution in [0.5, 0.6) is 5.75 Å². The number of methoxy groups -OCH3 is 1. The zero-order chi connectivity index (χ0) is 13.8. The lowest BCUT2D eigenvalue weighted by molar-refractivity contribution is 0.414. The highest BCUT2D eigenvalue weighted by Gasteiger charge is 2.14. The Morgan fingerprint density at radius 3 is 2.53 bits per heavy atom. The second-order valence-corrected chi connectivity index (χ2v) is 5.41. The predicted molar refractivity (Wildman–Crippen MR) is 82.8 cm³/mol. The molecule has 0 spiro atoms. The van der Waals surface area contributed by atoms with Gasteiger partial charge in [0.25, 0.3) is 0 Å².